The van der Waals surface area contributed by atoms with E-state index in [1.165, 1.54) is 9.87 Å². The van der Waals surface area contributed by atoms with Crippen LogP contribution in [-0.4, -0.2) is 66.6 Å². The van der Waals surface area contributed by atoms with Gasteiger partial charge in [0, 0.05) is 44.0 Å². The summed E-state index contributed by atoms with van der Waals surface area (Å²) in [6, 6.07) is 18.6. The molecular weight excluding hydrogens is 462 g/mol. The van der Waals surface area contributed by atoms with Crippen LogP contribution < -0.4 is 4.74 Å². The molecule has 4 rings (SSSR count). The van der Waals surface area contributed by atoms with Crippen LogP contribution in [0, 0.1) is 5.92 Å². The smallest absolute Gasteiger partial charge is 0.247 e. The lowest BCUT2D eigenvalue weighted by atomic mass is 10.0. The number of hydrogen-bond acceptors (Lipinski definition) is 6. The van der Waals surface area contributed by atoms with Crippen molar-refractivity contribution in [2.24, 2.45) is 5.92 Å². The van der Waals surface area contributed by atoms with E-state index in [1.807, 2.05) is 44.3 Å². The number of benzene rings is 2. The van der Waals surface area contributed by atoms with Crippen LogP contribution in [-0.2, 0) is 16.6 Å². The Balaban J connectivity index is 1.72. The quantitative estimate of drug-likeness (QED) is 0.539. The van der Waals surface area contributed by atoms with Gasteiger partial charge in [0.1, 0.15) is 16.7 Å². The van der Waals surface area contributed by atoms with Crippen molar-refractivity contribution in [2.45, 2.75) is 37.4 Å². The molecule has 3 aromatic rings. The SMILES string of the molecule is C[C@H](CO)N1C[C@H](C)[C@H](CN(C)Cc2ccccc2)Oc2cc(-c3ccncc3)ccc2S1(=O)=O. The molecule has 186 valence electrons. The maximum atomic E-state index is 13.7. The summed E-state index contributed by atoms with van der Waals surface area (Å²) in [4.78, 5) is 6.39. The molecule has 1 aliphatic heterocycles. The highest BCUT2D eigenvalue weighted by Crippen LogP contribution is 2.36. The number of aliphatic hydroxyl groups is 1. The number of rotatable bonds is 7. The molecule has 0 radical (unpaired) electrons. The first kappa shape index (κ1) is 25.3. The fourth-order valence-electron chi connectivity index (χ4n) is 4.43. The summed E-state index contributed by atoms with van der Waals surface area (Å²) < 4.78 is 35.2. The summed E-state index contributed by atoms with van der Waals surface area (Å²) in [5.74, 6) is 0.230. The Bertz CT molecular complexity index is 1220. The van der Waals surface area contributed by atoms with Gasteiger partial charge in [-0.25, -0.2) is 8.42 Å². The Morgan fingerprint density at radius 1 is 1.11 bits per heavy atom. The maximum absolute atomic E-state index is 13.7. The van der Waals surface area contributed by atoms with E-state index in [0.29, 0.717) is 12.3 Å². The first-order valence-corrected chi connectivity index (χ1v) is 13.3. The zero-order valence-corrected chi connectivity index (χ0v) is 21.2. The molecule has 7 nitrogen and oxygen atoms in total. The molecule has 1 N–H and O–H groups in total. The molecule has 2 aromatic carbocycles. The van der Waals surface area contributed by atoms with Crippen molar-refractivity contribution in [1.82, 2.24) is 14.2 Å². The predicted octanol–water partition coefficient (Wildman–Crippen LogP) is 3.65. The van der Waals surface area contributed by atoms with E-state index < -0.39 is 16.1 Å². The van der Waals surface area contributed by atoms with E-state index in [0.717, 1.165) is 17.7 Å². The van der Waals surface area contributed by atoms with Crippen LogP contribution in [0.5, 0.6) is 5.75 Å². The second kappa shape index (κ2) is 10.9. The molecular formula is C27H33N3O4S. The molecule has 1 aliphatic rings. The van der Waals surface area contributed by atoms with Gasteiger partial charge >= 0.3 is 0 Å². The van der Waals surface area contributed by atoms with Gasteiger partial charge in [0.15, 0.2) is 0 Å². The average molecular weight is 496 g/mol. The van der Waals surface area contributed by atoms with Crippen LogP contribution in [0.2, 0.25) is 0 Å². The highest BCUT2D eigenvalue weighted by atomic mass is 32.2. The lowest BCUT2D eigenvalue weighted by molar-refractivity contribution is 0.0734. The fraction of sp³-hybridized carbons (Fsp3) is 0.370. The normalized spacial score (nSPS) is 20.9. The number of fused-ring (bicyclic) bond motifs is 1. The van der Waals surface area contributed by atoms with Crippen LogP contribution in [0.25, 0.3) is 11.1 Å². The zero-order valence-electron chi connectivity index (χ0n) is 20.4. The average Bonchev–Trinajstić information content (AvgIpc) is 2.86. The van der Waals surface area contributed by atoms with Gasteiger partial charge < -0.3 is 9.84 Å². The molecule has 0 fully saturated rings. The minimum Gasteiger partial charge on any atom is -0.487 e. The second-order valence-corrected chi connectivity index (χ2v) is 11.2. The lowest BCUT2D eigenvalue weighted by Gasteiger charge is -2.37. The summed E-state index contributed by atoms with van der Waals surface area (Å²) in [6.45, 7) is 5.12. The standard InChI is InChI=1S/C27H33N3O4S/c1-20-16-30(21(2)19-31)35(32,33)27-10-9-24(23-11-13-28-14-12-23)15-25(27)34-26(20)18-29(3)17-22-7-5-4-6-8-22/h4-15,20-21,26,31H,16-19H2,1-3H3/t20-,21+,26-/m0/s1. The molecule has 3 atom stereocenters. The summed E-state index contributed by atoms with van der Waals surface area (Å²) in [5.41, 5.74) is 2.98. The number of sulfonamides is 1. The van der Waals surface area contributed by atoms with Crippen LogP contribution in [0.3, 0.4) is 0 Å². The van der Waals surface area contributed by atoms with Crippen LogP contribution in [0.1, 0.15) is 19.4 Å². The Morgan fingerprint density at radius 3 is 2.51 bits per heavy atom. The Kier molecular flexibility index (Phi) is 7.86. The van der Waals surface area contributed by atoms with Gasteiger partial charge in [-0.05, 0) is 54.9 Å². The first-order chi connectivity index (χ1) is 16.8. The van der Waals surface area contributed by atoms with Crippen molar-refractivity contribution in [1.29, 1.82) is 0 Å². The van der Waals surface area contributed by atoms with Gasteiger partial charge in [-0.15, -0.1) is 0 Å². The van der Waals surface area contributed by atoms with E-state index >= 15 is 0 Å². The van der Waals surface area contributed by atoms with E-state index in [1.54, 1.807) is 37.5 Å². The Hall–Kier alpha value is -2.78. The van der Waals surface area contributed by atoms with Crippen LogP contribution in [0.4, 0.5) is 0 Å². The molecule has 0 amide bonds. The molecule has 0 aliphatic carbocycles. The summed E-state index contributed by atoms with van der Waals surface area (Å²) in [7, 11) is -1.82. The largest absolute Gasteiger partial charge is 0.487 e. The lowest BCUT2D eigenvalue weighted by Crippen LogP contribution is -2.49. The maximum Gasteiger partial charge on any atom is 0.247 e. The summed E-state index contributed by atoms with van der Waals surface area (Å²) in [6.07, 6.45) is 3.16. The van der Waals surface area contributed by atoms with Crippen LogP contribution >= 0.6 is 0 Å². The van der Waals surface area contributed by atoms with Gasteiger partial charge in [0.2, 0.25) is 10.0 Å². The predicted molar refractivity (Wildman–Crippen MR) is 136 cm³/mol. The second-order valence-electron chi connectivity index (χ2n) is 9.32. The molecule has 0 unspecified atom stereocenters. The van der Waals surface area contributed by atoms with Crippen molar-refractivity contribution in [3.8, 4) is 16.9 Å². The minimum atomic E-state index is -3.86. The Labute approximate surface area is 208 Å². The highest BCUT2D eigenvalue weighted by Gasteiger charge is 2.38. The summed E-state index contributed by atoms with van der Waals surface area (Å²) >= 11 is 0. The topological polar surface area (TPSA) is 83.0 Å². The number of hydrogen-bond donors (Lipinski definition) is 1. The molecule has 0 spiro atoms. The van der Waals surface area contributed by atoms with Gasteiger partial charge in [-0.1, -0.05) is 43.3 Å². The fourth-order valence-corrected chi connectivity index (χ4v) is 6.26. The third-order valence-electron chi connectivity index (χ3n) is 6.47. The van der Waals surface area contributed by atoms with Crippen molar-refractivity contribution >= 4 is 10.0 Å². The van der Waals surface area contributed by atoms with Gasteiger partial charge in [-0.2, -0.15) is 4.31 Å². The third-order valence-corrected chi connectivity index (χ3v) is 8.49. The number of ether oxygens (including phenoxy) is 1. The third kappa shape index (κ3) is 5.73. The van der Waals surface area contributed by atoms with Gasteiger partial charge in [-0.3, -0.25) is 9.88 Å². The summed E-state index contributed by atoms with van der Waals surface area (Å²) in [5, 5.41) is 9.83. The van der Waals surface area contributed by atoms with E-state index in [2.05, 4.69) is 22.0 Å². The zero-order chi connectivity index (χ0) is 25.0. The van der Waals surface area contributed by atoms with E-state index in [-0.39, 0.29) is 30.1 Å². The monoisotopic (exact) mass is 495 g/mol. The van der Waals surface area contributed by atoms with Gasteiger partial charge in [0.25, 0.3) is 0 Å². The van der Waals surface area contributed by atoms with Gasteiger partial charge in [0.05, 0.1) is 6.61 Å². The van der Waals surface area contributed by atoms with Crippen molar-refractivity contribution in [3.63, 3.8) is 0 Å². The number of aliphatic hydroxyl groups excluding tert-OH is 1. The molecule has 2 heterocycles. The minimum absolute atomic E-state index is 0.102. The molecule has 0 saturated carbocycles. The van der Waals surface area contributed by atoms with Crippen LogP contribution in [0.15, 0.2) is 78.0 Å². The van der Waals surface area contributed by atoms with Crippen molar-refractivity contribution in [2.75, 3.05) is 26.7 Å². The molecule has 1 aromatic heterocycles. The molecule has 0 bridgehead atoms. The number of aromatic nitrogens is 1. The molecule has 0 saturated heterocycles. The first-order valence-electron chi connectivity index (χ1n) is 11.9. The molecule has 35 heavy (non-hydrogen) atoms. The number of pyridine rings is 1. The van der Waals surface area contributed by atoms with E-state index in [9.17, 15) is 13.5 Å². The molecule has 8 heteroatoms. The Morgan fingerprint density at radius 2 is 1.83 bits per heavy atom. The van der Waals surface area contributed by atoms with E-state index in [4.69, 9.17) is 4.74 Å². The van der Waals surface area contributed by atoms with Crippen molar-refractivity contribution < 1.29 is 18.3 Å². The highest BCUT2D eigenvalue weighted by molar-refractivity contribution is 7.89. The van der Waals surface area contributed by atoms with Crippen molar-refractivity contribution in [3.05, 3.63) is 78.6 Å². The number of nitrogens with zero attached hydrogens (tertiary/aromatic N) is 3. The number of likely N-dealkylation sites (N-methyl/N-ethyl adjacent to an activating group) is 1.